The van der Waals surface area contributed by atoms with Crippen LogP contribution in [0.15, 0.2) is 12.1 Å². The molecule has 3 nitrogen and oxygen atoms in total. The molecule has 1 aliphatic rings. The number of amides is 1. The highest BCUT2D eigenvalue weighted by molar-refractivity contribution is 5.95. The fourth-order valence-corrected chi connectivity index (χ4v) is 1.69. The second-order valence-electron chi connectivity index (χ2n) is 4.02. The van der Waals surface area contributed by atoms with Gasteiger partial charge < -0.3 is 10.6 Å². The van der Waals surface area contributed by atoms with Crippen LogP contribution in [0.2, 0.25) is 0 Å². The van der Waals surface area contributed by atoms with E-state index in [-0.39, 0.29) is 11.6 Å². The number of hydrogen-bond acceptors (Lipinski definition) is 2. The summed E-state index contributed by atoms with van der Waals surface area (Å²) < 4.78 is 27.0. The van der Waals surface area contributed by atoms with Crippen LogP contribution in [0.25, 0.3) is 0 Å². The number of benzene rings is 1. The van der Waals surface area contributed by atoms with Crippen molar-refractivity contribution in [2.24, 2.45) is 5.73 Å². The molecule has 2 N–H and O–H groups in total. The summed E-state index contributed by atoms with van der Waals surface area (Å²) in [5, 5.41) is 0. The zero-order valence-corrected chi connectivity index (χ0v) is 8.84. The first-order chi connectivity index (χ1) is 7.50. The summed E-state index contributed by atoms with van der Waals surface area (Å²) in [6.45, 7) is 2.20. The molecule has 0 aromatic heterocycles. The van der Waals surface area contributed by atoms with Gasteiger partial charge in [0.25, 0.3) is 5.91 Å². The molecule has 0 atom stereocenters. The van der Waals surface area contributed by atoms with E-state index in [2.05, 4.69) is 0 Å². The van der Waals surface area contributed by atoms with Crippen molar-refractivity contribution in [3.8, 4) is 0 Å². The molecular formula is C11H12F2N2O. The monoisotopic (exact) mass is 226 g/mol. The highest BCUT2D eigenvalue weighted by Gasteiger charge is 2.31. The predicted octanol–water partition coefficient (Wildman–Crippen LogP) is 1.06. The Kier molecular flexibility index (Phi) is 2.63. The Balaban J connectivity index is 2.33. The lowest BCUT2D eigenvalue weighted by Crippen LogP contribution is -2.58. The predicted molar refractivity (Wildman–Crippen MR) is 55.0 cm³/mol. The maximum absolute atomic E-state index is 13.6. The van der Waals surface area contributed by atoms with Crippen molar-refractivity contribution < 1.29 is 13.6 Å². The molecular weight excluding hydrogens is 214 g/mol. The van der Waals surface area contributed by atoms with Gasteiger partial charge in [0.15, 0.2) is 0 Å². The van der Waals surface area contributed by atoms with E-state index in [1.165, 1.54) is 17.9 Å². The van der Waals surface area contributed by atoms with Gasteiger partial charge in [-0.1, -0.05) is 6.07 Å². The minimum Gasteiger partial charge on any atom is -0.335 e. The van der Waals surface area contributed by atoms with Crippen LogP contribution in [0.3, 0.4) is 0 Å². The van der Waals surface area contributed by atoms with Crippen LogP contribution >= 0.6 is 0 Å². The van der Waals surface area contributed by atoms with Crippen molar-refractivity contribution in [3.05, 3.63) is 34.9 Å². The number of hydrogen-bond donors (Lipinski definition) is 1. The Hall–Kier alpha value is -1.49. The molecule has 0 bridgehead atoms. The molecule has 0 aliphatic carbocycles. The molecule has 1 fully saturated rings. The lowest BCUT2D eigenvalue weighted by molar-refractivity contribution is 0.0597. The number of nitrogens with two attached hydrogens (primary N) is 1. The zero-order chi connectivity index (χ0) is 11.9. The normalized spacial score (nSPS) is 16.1. The first kappa shape index (κ1) is 11.0. The zero-order valence-electron chi connectivity index (χ0n) is 8.84. The Morgan fingerprint density at radius 2 is 2.06 bits per heavy atom. The third-order valence-electron chi connectivity index (χ3n) is 2.70. The highest BCUT2D eigenvalue weighted by Crippen LogP contribution is 2.20. The Morgan fingerprint density at radius 1 is 1.44 bits per heavy atom. The SMILES string of the molecule is Cc1ccc(F)c(C(=O)N2CC(N)C2)c1F. The summed E-state index contributed by atoms with van der Waals surface area (Å²) in [7, 11) is 0. The Labute approximate surface area is 91.8 Å². The molecule has 1 aromatic carbocycles. The standard InChI is InChI=1S/C11H12F2N2O/c1-6-2-3-8(12)9(10(6)13)11(16)15-4-7(14)5-15/h2-3,7H,4-5,14H2,1H3. The molecule has 1 saturated heterocycles. The molecule has 1 aliphatic heterocycles. The van der Waals surface area contributed by atoms with Crippen LogP contribution in [0, 0.1) is 18.6 Å². The number of nitrogens with zero attached hydrogens (tertiary/aromatic N) is 1. The number of carbonyl (C=O) groups excluding carboxylic acids is 1. The fraction of sp³-hybridized carbons (Fsp3) is 0.364. The van der Waals surface area contributed by atoms with E-state index in [0.29, 0.717) is 13.1 Å². The fourth-order valence-electron chi connectivity index (χ4n) is 1.69. The van der Waals surface area contributed by atoms with Crippen molar-refractivity contribution in [2.45, 2.75) is 13.0 Å². The van der Waals surface area contributed by atoms with Crippen LogP contribution in [0.1, 0.15) is 15.9 Å². The second-order valence-corrected chi connectivity index (χ2v) is 4.02. The number of rotatable bonds is 1. The van der Waals surface area contributed by atoms with E-state index in [1.54, 1.807) is 0 Å². The molecule has 5 heteroatoms. The summed E-state index contributed by atoms with van der Waals surface area (Å²) in [5.41, 5.74) is 5.29. The van der Waals surface area contributed by atoms with E-state index < -0.39 is 23.1 Å². The number of halogens is 2. The minimum atomic E-state index is -0.825. The number of carbonyl (C=O) groups is 1. The van der Waals surface area contributed by atoms with Crippen molar-refractivity contribution in [1.29, 1.82) is 0 Å². The quantitative estimate of drug-likeness (QED) is 0.778. The van der Waals surface area contributed by atoms with E-state index in [1.807, 2.05) is 0 Å². The molecule has 0 unspecified atom stereocenters. The summed E-state index contributed by atoms with van der Waals surface area (Å²) in [6.07, 6.45) is 0. The lowest BCUT2D eigenvalue weighted by Gasteiger charge is -2.37. The van der Waals surface area contributed by atoms with Gasteiger partial charge >= 0.3 is 0 Å². The largest absolute Gasteiger partial charge is 0.335 e. The van der Waals surface area contributed by atoms with Gasteiger partial charge in [0, 0.05) is 19.1 Å². The third-order valence-corrected chi connectivity index (χ3v) is 2.70. The molecule has 2 rings (SSSR count). The first-order valence-electron chi connectivity index (χ1n) is 5.00. The second kappa shape index (κ2) is 3.83. The smallest absolute Gasteiger partial charge is 0.259 e. The third kappa shape index (κ3) is 1.67. The van der Waals surface area contributed by atoms with Crippen LogP contribution in [-0.2, 0) is 0 Å². The maximum atomic E-state index is 13.6. The number of aryl methyl sites for hydroxylation is 1. The van der Waals surface area contributed by atoms with Crippen molar-refractivity contribution >= 4 is 5.91 Å². The molecule has 0 saturated carbocycles. The van der Waals surface area contributed by atoms with Gasteiger partial charge in [0.1, 0.15) is 17.2 Å². The summed E-state index contributed by atoms with van der Waals surface area (Å²) in [6, 6.07) is 2.33. The molecule has 1 aromatic rings. The average molecular weight is 226 g/mol. The van der Waals surface area contributed by atoms with Gasteiger partial charge in [-0.25, -0.2) is 8.78 Å². The summed E-state index contributed by atoms with van der Waals surface area (Å²) in [4.78, 5) is 13.1. The van der Waals surface area contributed by atoms with Crippen molar-refractivity contribution in [1.82, 2.24) is 4.90 Å². The summed E-state index contributed by atoms with van der Waals surface area (Å²) >= 11 is 0. The van der Waals surface area contributed by atoms with E-state index >= 15 is 0 Å². The first-order valence-corrected chi connectivity index (χ1v) is 5.00. The molecule has 0 radical (unpaired) electrons. The van der Waals surface area contributed by atoms with Crippen LogP contribution in [-0.4, -0.2) is 29.9 Å². The highest BCUT2D eigenvalue weighted by atomic mass is 19.1. The van der Waals surface area contributed by atoms with E-state index in [0.717, 1.165) is 6.07 Å². The number of likely N-dealkylation sites (tertiary alicyclic amines) is 1. The van der Waals surface area contributed by atoms with Gasteiger partial charge in [-0.15, -0.1) is 0 Å². The van der Waals surface area contributed by atoms with Crippen molar-refractivity contribution in [3.63, 3.8) is 0 Å². The van der Waals surface area contributed by atoms with Crippen molar-refractivity contribution in [2.75, 3.05) is 13.1 Å². The Morgan fingerprint density at radius 3 is 2.62 bits per heavy atom. The summed E-state index contributed by atoms with van der Waals surface area (Å²) in [5.74, 6) is -2.24. The van der Waals surface area contributed by atoms with E-state index in [4.69, 9.17) is 5.73 Å². The topological polar surface area (TPSA) is 46.3 Å². The molecule has 86 valence electrons. The molecule has 1 heterocycles. The van der Waals surface area contributed by atoms with Gasteiger partial charge in [-0.3, -0.25) is 4.79 Å². The molecule has 16 heavy (non-hydrogen) atoms. The van der Waals surface area contributed by atoms with Gasteiger partial charge in [0.05, 0.1) is 0 Å². The Bertz CT molecular complexity index is 442. The lowest BCUT2D eigenvalue weighted by atomic mass is 10.0. The molecule has 0 spiro atoms. The minimum absolute atomic E-state index is 0.0834. The maximum Gasteiger partial charge on any atom is 0.259 e. The van der Waals surface area contributed by atoms with Gasteiger partial charge in [-0.05, 0) is 18.6 Å². The van der Waals surface area contributed by atoms with Gasteiger partial charge in [0.2, 0.25) is 0 Å². The van der Waals surface area contributed by atoms with Crippen LogP contribution in [0.4, 0.5) is 8.78 Å². The average Bonchev–Trinajstić information content (AvgIpc) is 2.19. The van der Waals surface area contributed by atoms with Crippen LogP contribution < -0.4 is 5.73 Å². The van der Waals surface area contributed by atoms with E-state index in [9.17, 15) is 13.6 Å². The molecule has 1 amide bonds. The van der Waals surface area contributed by atoms with Gasteiger partial charge in [-0.2, -0.15) is 0 Å². The van der Waals surface area contributed by atoms with Crippen LogP contribution in [0.5, 0.6) is 0 Å².